The van der Waals surface area contributed by atoms with Gasteiger partial charge in [0.15, 0.2) is 9.84 Å². The fourth-order valence-electron chi connectivity index (χ4n) is 1.86. The first-order chi connectivity index (χ1) is 9.51. The molecule has 0 spiro atoms. The van der Waals surface area contributed by atoms with Gasteiger partial charge in [0.1, 0.15) is 12.7 Å². The third-order valence-corrected chi connectivity index (χ3v) is 4.68. The number of sulfone groups is 1. The highest BCUT2D eigenvalue weighted by Crippen LogP contribution is 2.16. The molecule has 6 nitrogen and oxygen atoms in total. The number of hydrogen-bond acceptors (Lipinski definition) is 5. The number of hydrogen-bond donors (Lipinski definition) is 1. The number of benzene rings is 1. The number of aromatic nitrogens is 3. The summed E-state index contributed by atoms with van der Waals surface area (Å²) in [5.74, 6) is 0.114. The molecule has 7 heteroatoms. The monoisotopic (exact) mass is 294 g/mol. The molecule has 0 bridgehead atoms. The molecule has 2 aromatic rings. The van der Waals surface area contributed by atoms with Crippen molar-refractivity contribution in [2.45, 2.75) is 31.3 Å². The van der Waals surface area contributed by atoms with Crippen LogP contribution in [0.15, 0.2) is 41.8 Å². The normalized spacial score (nSPS) is 13.1. The molecule has 1 aromatic heterocycles. The third kappa shape index (κ3) is 3.57. The van der Waals surface area contributed by atoms with Crippen molar-refractivity contribution >= 4 is 15.5 Å². The second-order valence-corrected chi connectivity index (χ2v) is 6.87. The van der Waals surface area contributed by atoms with E-state index >= 15 is 0 Å². The third-order valence-electron chi connectivity index (χ3n) is 2.93. The van der Waals surface area contributed by atoms with Crippen LogP contribution in [0.4, 0.5) is 5.69 Å². The van der Waals surface area contributed by atoms with E-state index in [2.05, 4.69) is 15.4 Å². The molecule has 1 unspecified atom stereocenters. The van der Waals surface area contributed by atoms with E-state index in [4.69, 9.17) is 0 Å². The van der Waals surface area contributed by atoms with Crippen LogP contribution in [0, 0.1) is 0 Å². The Labute approximate surface area is 118 Å². The highest BCUT2D eigenvalue weighted by molar-refractivity contribution is 7.91. The Hall–Kier alpha value is -1.89. The minimum absolute atomic E-state index is 0.114. The van der Waals surface area contributed by atoms with E-state index in [9.17, 15) is 8.42 Å². The van der Waals surface area contributed by atoms with Crippen molar-refractivity contribution in [3.8, 4) is 0 Å². The zero-order chi connectivity index (χ0) is 14.6. The van der Waals surface area contributed by atoms with Crippen LogP contribution in [0.25, 0.3) is 0 Å². The predicted octanol–water partition coefficient (Wildman–Crippen LogP) is 1.57. The van der Waals surface area contributed by atoms with Gasteiger partial charge >= 0.3 is 0 Å². The molecule has 1 aromatic carbocycles. The zero-order valence-corrected chi connectivity index (χ0v) is 12.3. The Morgan fingerprint density at radius 1 is 1.30 bits per heavy atom. The van der Waals surface area contributed by atoms with Crippen LogP contribution >= 0.6 is 0 Å². The topological polar surface area (TPSA) is 76.9 Å². The molecule has 2 rings (SSSR count). The Kier molecular flexibility index (Phi) is 4.39. The SMILES string of the molecule is CCS(=O)(=O)c1ccc(NC(C)Cn2cncn2)cc1. The van der Waals surface area contributed by atoms with E-state index in [1.54, 1.807) is 42.2 Å². The highest BCUT2D eigenvalue weighted by Gasteiger charge is 2.11. The van der Waals surface area contributed by atoms with Crippen molar-refractivity contribution in [2.24, 2.45) is 0 Å². The van der Waals surface area contributed by atoms with Crippen molar-refractivity contribution in [2.75, 3.05) is 11.1 Å². The van der Waals surface area contributed by atoms with Crippen LogP contribution in [-0.4, -0.2) is 35.0 Å². The Morgan fingerprint density at radius 3 is 2.55 bits per heavy atom. The van der Waals surface area contributed by atoms with E-state index in [0.717, 1.165) is 5.69 Å². The lowest BCUT2D eigenvalue weighted by molar-refractivity contribution is 0.559. The summed E-state index contributed by atoms with van der Waals surface area (Å²) in [6.45, 7) is 4.36. The molecule has 1 atom stereocenters. The molecule has 0 aliphatic rings. The summed E-state index contributed by atoms with van der Waals surface area (Å²) in [5.41, 5.74) is 0.882. The average molecular weight is 294 g/mol. The van der Waals surface area contributed by atoms with Crippen LogP contribution in [0.1, 0.15) is 13.8 Å². The van der Waals surface area contributed by atoms with Gasteiger partial charge in [0, 0.05) is 11.7 Å². The van der Waals surface area contributed by atoms with Crippen LogP contribution in [0.5, 0.6) is 0 Å². The molecule has 0 fully saturated rings. The van der Waals surface area contributed by atoms with E-state index < -0.39 is 9.84 Å². The van der Waals surface area contributed by atoms with Gasteiger partial charge in [0.25, 0.3) is 0 Å². The molecule has 0 aliphatic heterocycles. The lowest BCUT2D eigenvalue weighted by Gasteiger charge is -2.15. The Bertz CT molecular complexity index is 636. The van der Waals surface area contributed by atoms with Crippen LogP contribution in [0.2, 0.25) is 0 Å². The van der Waals surface area contributed by atoms with Crippen molar-refractivity contribution in [1.82, 2.24) is 14.8 Å². The van der Waals surface area contributed by atoms with Gasteiger partial charge in [-0.05, 0) is 31.2 Å². The number of nitrogens with zero attached hydrogens (tertiary/aromatic N) is 3. The average Bonchev–Trinajstić information content (AvgIpc) is 2.92. The fraction of sp³-hybridized carbons (Fsp3) is 0.385. The maximum absolute atomic E-state index is 11.7. The lowest BCUT2D eigenvalue weighted by Crippen LogP contribution is -2.22. The van der Waals surface area contributed by atoms with Gasteiger partial charge in [-0.1, -0.05) is 6.92 Å². The summed E-state index contributed by atoms with van der Waals surface area (Å²) < 4.78 is 25.2. The first-order valence-electron chi connectivity index (χ1n) is 6.43. The quantitative estimate of drug-likeness (QED) is 0.875. The highest BCUT2D eigenvalue weighted by atomic mass is 32.2. The maximum Gasteiger partial charge on any atom is 0.178 e. The second-order valence-electron chi connectivity index (χ2n) is 4.59. The molecule has 108 valence electrons. The van der Waals surface area contributed by atoms with Crippen molar-refractivity contribution in [1.29, 1.82) is 0 Å². The van der Waals surface area contributed by atoms with Crippen LogP contribution < -0.4 is 5.32 Å². The molecule has 20 heavy (non-hydrogen) atoms. The second kappa shape index (κ2) is 6.04. The van der Waals surface area contributed by atoms with Gasteiger partial charge in [-0.2, -0.15) is 5.10 Å². The van der Waals surface area contributed by atoms with Gasteiger partial charge in [0.05, 0.1) is 17.2 Å². The molecule has 1 heterocycles. The minimum atomic E-state index is -3.13. The number of nitrogens with one attached hydrogen (secondary N) is 1. The summed E-state index contributed by atoms with van der Waals surface area (Å²) in [6.07, 6.45) is 3.16. The summed E-state index contributed by atoms with van der Waals surface area (Å²) in [6, 6.07) is 6.97. The van der Waals surface area contributed by atoms with Crippen molar-refractivity contribution in [3.63, 3.8) is 0 Å². The van der Waals surface area contributed by atoms with Crippen molar-refractivity contribution < 1.29 is 8.42 Å². The summed E-state index contributed by atoms with van der Waals surface area (Å²) >= 11 is 0. The first-order valence-corrected chi connectivity index (χ1v) is 8.08. The Morgan fingerprint density at radius 2 is 2.00 bits per heavy atom. The van der Waals surface area contributed by atoms with Gasteiger partial charge < -0.3 is 5.32 Å². The molecule has 0 saturated heterocycles. The maximum atomic E-state index is 11.7. The smallest absolute Gasteiger partial charge is 0.178 e. The van der Waals surface area contributed by atoms with Gasteiger partial charge in [-0.25, -0.2) is 13.4 Å². The molecular weight excluding hydrogens is 276 g/mol. The molecule has 0 radical (unpaired) electrons. The van der Waals surface area contributed by atoms with E-state index in [1.807, 2.05) is 6.92 Å². The Balaban J connectivity index is 2.00. The lowest BCUT2D eigenvalue weighted by atomic mass is 10.2. The summed E-state index contributed by atoms with van der Waals surface area (Å²) in [7, 11) is -3.13. The standard InChI is InChI=1S/C13H18N4O2S/c1-3-20(18,19)13-6-4-12(5-7-13)16-11(2)8-17-10-14-9-15-17/h4-7,9-11,16H,3,8H2,1-2H3. The number of anilines is 1. The molecule has 1 N–H and O–H groups in total. The number of rotatable bonds is 6. The van der Waals surface area contributed by atoms with Gasteiger partial charge in [-0.3, -0.25) is 4.68 Å². The summed E-state index contributed by atoms with van der Waals surface area (Å²) in [4.78, 5) is 4.24. The molecule has 0 saturated carbocycles. The fourth-order valence-corrected chi connectivity index (χ4v) is 2.75. The van der Waals surface area contributed by atoms with Gasteiger partial charge in [-0.15, -0.1) is 0 Å². The largest absolute Gasteiger partial charge is 0.381 e. The zero-order valence-electron chi connectivity index (χ0n) is 11.5. The van der Waals surface area contributed by atoms with E-state index in [0.29, 0.717) is 11.4 Å². The van der Waals surface area contributed by atoms with E-state index in [-0.39, 0.29) is 11.8 Å². The molecular formula is C13H18N4O2S. The first kappa shape index (κ1) is 14.5. The van der Waals surface area contributed by atoms with Crippen LogP contribution in [0.3, 0.4) is 0 Å². The predicted molar refractivity (Wildman–Crippen MR) is 77.3 cm³/mol. The van der Waals surface area contributed by atoms with Gasteiger partial charge in [0.2, 0.25) is 0 Å². The van der Waals surface area contributed by atoms with E-state index in [1.165, 1.54) is 6.33 Å². The van der Waals surface area contributed by atoms with Crippen LogP contribution in [-0.2, 0) is 16.4 Å². The minimum Gasteiger partial charge on any atom is -0.381 e. The summed E-state index contributed by atoms with van der Waals surface area (Å²) in [5, 5.41) is 7.33. The van der Waals surface area contributed by atoms with Crippen molar-refractivity contribution in [3.05, 3.63) is 36.9 Å². The molecule has 0 amide bonds. The molecule has 0 aliphatic carbocycles.